The summed E-state index contributed by atoms with van der Waals surface area (Å²) in [5, 5.41) is 2.95. The highest BCUT2D eigenvalue weighted by atomic mass is 16.5. The van der Waals surface area contributed by atoms with Gasteiger partial charge in [0.15, 0.2) is 0 Å². The lowest BCUT2D eigenvalue weighted by atomic mass is 9.92. The Morgan fingerprint density at radius 2 is 2.00 bits per heavy atom. The number of amides is 1. The Balaban J connectivity index is 1.97. The molecule has 1 aromatic rings. The Morgan fingerprint density at radius 1 is 1.28 bits per heavy atom. The van der Waals surface area contributed by atoms with Crippen LogP contribution in [0.15, 0.2) is 30.3 Å². The summed E-state index contributed by atoms with van der Waals surface area (Å²) in [6, 6.07) is 9.82. The van der Waals surface area contributed by atoms with E-state index in [9.17, 15) is 4.79 Å². The maximum atomic E-state index is 11.4. The maximum absolute atomic E-state index is 11.4. The third kappa shape index (κ3) is 3.47. The Labute approximate surface area is 108 Å². The fraction of sp³-hybridized carbons (Fsp3) is 0.500. The lowest BCUT2D eigenvalue weighted by Gasteiger charge is -2.32. The molecule has 1 aliphatic rings. The second-order valence-corrected chi connectivity index (χ2v) is 4.63. The summed E-state index contributed by atoms with van der Waals surface area (Å²) in [6.45, 7) is 0.0363. The van der Waals surface area contributed by atoms with E-state index in [1.165, 1.54) is 0 Å². The molecule has 2 rings (SSSR count). The molecule has 0 bridgehead atoms. The van der Waals surface area contributed by atoms with Crippen molar-refractivity contribution in [2.45, 2.75) is 37.8 Å². The number of ether oxygens (including phenoxy) is 1. The van der Waals surface area contributed by atoms with E-state index in [-0.39, 0.29) is 24.6 Å². The van der Waals surface area contributed by atoms with Crippen molar-refractivity contribution in [2.24, 2.45) is 5.73 Å². The van der Waals surface area contributed by atoms with Crippen LogP contribution in [0.5, 0.6) is 5.75 Å². The standard InChI is InChI=1S/C14H20N2O2/c15-10-14(17)16-12-8-4-5-9-13(12)18-11-6-2-1-3-7-11/h1-3,6-7,12-13H,4-5,8-10,15H2,(H,16,17)/t12-,13-/m1/s1. The Hall–Kier alpha value is -1.55. The van der Waals surface area contributed by atoms with Gasteiger partial charge in [-0.05, 0) is 31.4 Å². The van der Waals surface area contributed by atoms with E-state index in [1.807, 2.05) is 30.3 Å². The summed E-state index contributed by atoms with van der Waals surface area (Å²) in [5.41, 5.74) is 5.33. The van der Waals surface area contributed by atoms with E-state index in [0.29, 0.717) is 0 Å². The zero-order chi connectivity index (χ0) is 12.8. The minimum Gasteiger partial charge on any atom is -0.488 e. The first kappa shape index (κ1) is 12.9. The summed E-state index contributed by atoms with van der Waals surface area (Å²) in [4.78, 5) is 11.4. The van der Waals surface area contributed by atoms with Crippen molar-refractivity contribution in [3.63, 3.8) is 0 Å². The van der Waals surface area contributed by atoms with Gasteiger partial charge in [0.2, 0.25) is 5.91 Å². The van der Waals surface area contributed by atoms with E-state index in [1.54, 1.807) is 0 Å². The van der Waals surface area contributed by atoms with E-state index in [0.717, 1.165) is 31.4 Å². The lowest BCUT2D eigenvalue weighted by Crippen LogP contribution is -2.49. The quantitative estimate of drug-likeness (QED) is 0.847. The number of carbonyl (C=O) groups excluding carboxylic acids is 1. The molecule has 0 unspecified atom stereocenters. The minimum absolute atomic E-state index is 0.0363. The van der Waals surface area contributed by atoms with Crippen molar-refractivity contribution in [2.75, 3.05) is 6.54 Å². The van der Waals surface area contributed by atoms with Gasteiger partial charge in [0, 0.05) is 0 Å². The number of rotatable bonds is 4. The molecule has 1 aliphatic carbocycles. The second kappa shape index (κ2) is 6.40. The summed E-state index contributed by atoms with van der Waals surface area (Å²) in [7, 11) is 0. The molecule has 1 aromatic carbocycles. The monoisotopic (exact) mass is 248 g/mol. The molecular weight excluding hydrogens is 228 g/mol. The van der Waals surface area contributed by atoms with Crippen molar-refractivity contribution in [1.29, 1.82) is 0 Å². The highest BCUT2D eigenvalue weighted by Crippen LogP contribution is 2.23. The molecule has 1 fully saturated rings. The predicted octanol–water partition coefficient (Wildman–Crippen LogP) is 1.45. The Kier molecular flexibility index (Phi) is 4.59. The molecule has 0 saturated heterocycles. The molecule has 0 aromatic heterocycles. The number of nitrogens with two attached hydrogens (primary N) is 1. The fourth-order valence-corrected chi connectivity index (χ4v) is 2.34. The fourth-order valence-electron chi connectivity index (χ4n) is 2.34. The van der Waals surface area contributed by atoms with Gasteiger partial charge in [0.25, 0.3) is 0 Å². The van der Waals surface area contributed by atoms with Crippen molar-refractivity contribution in [1.82, 2.24) is 5.32 Å². The van der Waals surface area contributed by atoms with Crippen LogP contribution in [0.3, 0.4) is 0 Å². The van der Waals surface area contributed by atoms with Crippen molar-refractivity contribution in [3.8, 4) is 5.75 Å². The number of para-hydroxylation sites is 1. The average Bonchev–Trinajstić information content (AvgIpc) is 2.42. The topological polar surface area (TPSA) is 64.4 Å². The normalized spacial score (nSPS) is 23.4. The van der Waals surface area contributed by atoms with Crippen molar-refractivity contribution >= 4 is 5.91 Å². The Bertz CT molecular complexity index is 381. The van der Waals surface area contributed by atoms with Gasteiger partial charge in [0.1, 0.15) is 11.9 Å². The van der Waals surface area contributed by atoms with E-state index < -0.39 is 0 Å². The molecule has 18 heavy (non-hydrogen) atoms. The zero-order valence-corrected chi connectivity index (χ0v) is 10.5. The number of hydrogen-bond acceptors (Lipinski definition) is 3. The van der Waals surface area contributed by atoms with Crippen LogP contribution in [0.1, 0.15) is 25.7 Å². The van der Waals surface area contributed by atoms with Crippen LogP contribution in [0.2, 0.25) is 0 Å². The summed E-state index contributed by atoms with van der Waals surface area (Å²) < 4.78 is 5.96. The highest BCUT2D eigenvalue weighted by molar-refractivity contribution is 5.78. The maximum Gasteiger partial charge on any atom is 0.234 e. The molecule has 4 nitrogen and oxygen atoms in total. The molecule has 0 spiro atoms. The minimum atomic E-state index is -0.108. The lowest BCUT2D eigenvalue weighted by molar-refractivity contribution is -0.121. The second-order valence-electron chi connectivity index (χ2n) is 4.63. The van der Waals surface area contributed by atoms with E-state index in [4.69, 9.17) is 10.5 Å². The molecule has 0 heterocycles. The Morgan fingerprint density at radius 3 is 2.72 bits per heavy atom. The first-order chi connectivity index (χ1) is 8.79. The first-order valence-electron chi connectivity index (χ1n) is 6.50. The zero-order valence-electron chi connectivity index (χ0n) is 10.5. The molecule has 1 amide bonds. The third-order valence-electron chi connectivity index (χ3n) is 3.26. The van der Waals surface area contributed by atoms with Gasteiger partial charge in [-0.2, -0.15) is 0 Å². The largest absolute Gasteiger partial charge is 0.488 e. The van der Waals surface area contributed by atoms with Crippen LogP contribution in [-0.4, -0.2) is 24.6 Å². The van der Waals surface area contributed by atoms with Crippen molar-refractivity contribution < 1.29 is 9.53 Å². The van der Waals surface area contributed by atoms with E-state index >= 15 is 0 Å². The highest BCUT2D eigenvalue weighted by Gasteiger charge is 2.27. The number of benzene rings is 1. The van der Waals surface area contributed by atoms with Crippen LogP contribution >= 0.6 is 0 Å². The average molecular weight is 248 g/mol. The SMILES string of the molecule is NCC(=O)N[C@@H]1CCCC[C@H]1Oc1ccccc1. The van der Waals surface area contributed by atoms with Gasteiger partial charge >= 0.3 is 0 Å². The van der Waals surface area contributed by atoms with Crippen LogP contribution in [-0.2, 0) is 4.79 Å². The molecular formula is C14H20N2O2. The molecule has 1 saturated carbocycles. The van der Waals surface area contributed by atoms with Gasteiger partial charge in [0.05, 0.1) is 12.6 Å². The van der Waals surface area contributed by atoms with Crippen LogP contribution in [0.4, 0.5) is 0 Å². The van der Waals surface area contributed by atoms with Crippen LogP contribution in [0.25, 0.3) is 0 Å². The van der Waals surface area contributed by atoms with Gasteiger partial charge in [-0.25, -0.2) is 0 Å². The first-order valence-corrected chi connectivity index (χ1v) is 6.50. The third-order valence-corrected chi connectivity index (χ3v) is 3.26. The smallest absolute Gasteiger partial charge is 0.234 e. The predicted molar refractivity (Wildman–Crippen MR) is 70.3 cm³/mol. The summed E-state index contributed by atoms with van der Waals surface area (Å²) >= 11 is 0. The van der Waals surface area contributed by atoms with E-state index in [2.05, 4.69) is 5.32 Å². The van der Waals surface area contributed by atoms with Crippen molar-refractivity contribution in [3.05, 3.63) is 30.3 Å². The molecule has 4 heteroatoms. The molecule has 0 radical (unpaired) electrons. The molecule has 0 aliphatic heterocycles. The van der Waals surface area contributed by atoms with Gasteiger partial charge < -0.3 is 15.8 Å². The number of hydrogen-bond donors (Lipinski definition) is 2. The van der Waals surface area contributed by atoms with Gasteiger partial charge in [-0.15, -0.1) is 0 Å². The molecule has 3 N–H and O–H groups in total. The molecule has 98 valence electrons. The van der Waals surface area contributed by atoms with Crippen LogP contribution in [0, 0.1) is 0 Å². The molecule has 2 atom stereocenters. The summed E-state index contributed by atoms with van der Waals surface area (Å²) in [5.74, 6) is 0.750. The number of nitrogens with one attached hydrogen (secondary N) is 1. The summed E-state index contributed by atoms with van der Waals surface area (Å²) in [6.07, 6.45) is 4.27. The van der Waals surface area contributed by atoms with Crippen LogP contribution < -0.4 is 15.8 Å². The number of carbonyl (C=O) groups is 1. The van der Waals surface area contributed by atoms with Gasteiger partial charge in [-0.1, -0.05) is 24.6 Å². The van der Waals surface area contributed by atoms with Gasteiger partial charge in [-0.3, -0.25) is 4.79 Å².